The van der Waals surface area contributed by atoms with Gasteiger partial charge in [-0.25, -0.2) is 0 Å². The molecule has 1 N–H and O–H groups in total. The quantitative estimate of drug-likeness (QED) is 0.636. The van der Waals surface area contributed by atoms with Gasteiger partial charge < -0.3 is 10.2 Å². The van der Waals surface area contributed by atoms with Gasteiger partial charge in [-0.1, -0.05) is 56.0 Å². The number of likely N-dealkylation sites (tertiary alicyclic amines) is 1. The monoisotopic (exact) mass is 404 g/mol. The number of carbonyl (C=O) groups excluding carboxylic acids is 1. The van der Waals surface area contributed by atoms with Crippen molar-refractivity contribution in [1.29, 1.82) is 0 Å². The van der Waals surface area contributed by atoms with E-state index in [0.717, 1.165) is 41.0 Å². The van der Waals surface area contributed by atoms with Gasteiger partial charge in [0.2, 0.25) is 11.0 Å². The minimum absolute atomic E-state index is 0.223. The number of piperidine rings is 1. The Hall–Kier alpha value is -1.60. The summed E-state index contributed by atoms with van der Waals surface area (Å²) in [5.74, 6) is 1.18. The molecule has 5 nitrogen and oxygen atoms in total. The van der Waals surface area contributed by atoms with Gasteiger partial charge in [-0.15, -0.1) is 10.2 Å². The smallest absolute Gasteiger partial charge is 0.233 e. The molecule has 27 heavy (non-hydrogen) atoms. The van der Waals surface area contributed by atoms with Crippen LogP contribution in [0, 0.1) is 0 Å². The number of carbonyl (C=O) groups is 1. The molecule has 7 heteroatoms. The number of nitrogens with one attached hydrogen (secondary N) is 1. The Balaban J connectivity index is 1.52. The minimum Gasteiger partial charge on any atom is -0.339 e. The van der Waals surface area contributed by atoms with E-state index in [-0.39, 0.29) is 5.91 Å². The highest BCUT2D eigenvalue weighted by molar-refractivity contribution is 8.01. The molecule has 2 aromatic rings. The van der Waals surface area contributed by atoms with Gasteiger partial charge in [-0.05, 0) is 49.3 Å². The van der Waals surface area contributed by atoms with Gasteiger partial charge in [0.15, 0.2) is 4.34 Å². The van der Waals surface area contributed by atoms with Crippen molar-refractivity contribution in [3.63, 3.8) is 0 Å². The molecule has 2 heterocycles. The third-order valence-corrected chi connectivity index (χ3v) is 6.93. The van der Waals surface area contributed by atoms with Crippen molar-refractivity contribution >= 4 is 39.8 Å². The van der Waals surface area contributed by atoms with Crippen molar-refractivity contribution in [2.24, 2.45) is 0 Å². The van der Waals surface area contributed by atoms with E-state index in [1.807, 2.05) is 0 Å². The first-order valence-electron chi connectivity index (χ1n) is 9.69. The molecule has 1 fully saturated rings. The first-order chi connectivity index (χ1) is 13.1. The number of rotatable bonds is 7. The Bertz CT molecular complexity index is 745. The summed E-state index contributed by atoms with van der Waals surface area (Å²) in [4.78, 5) is 14.6. The fourth-order valence-corrected chi connectivity index (χ4v) is 5.01. The summed E-state index contributed by atoms with van der Waals surface area (Å²) in [7, 11) is 0. The summed E-state index contributed by atoms with van der Waals surface area (Å²) in [5.41, 5.74) is 2.32. The number of benzene rings is 1. The van der Waals surface area contributed by atoms with Crippen LogP contribution in [0.15, 0.2) is 28.6 Å². The Morgan fingerprint density at radius 2 is 2.07 bits per heavy atom. The van der Waals surface area contributed by atoms with E-state index in [4.69, 9.17) is 0 Å². The molecule has 1 aliphatic heterocycles. The average molecular weight is 405 g/mol. The van der Waals surface area contributed by atoms with Crippen LogP contribution in [0.5, 0.6) is 0 Å². The maximum Gasteiger partial charge on any atom is 0.233 e. The fraction of sp³-hybridized carbons (Fsp3) is 0.550. The van der Waals surface area contributed by atoms with E-state index >= 15 is 0 Å². The van der Waals surface area contributed by atoms with E-state index in [1.54, 1.807) is 0 Å². The second-order valence-corrected chi connectivity index (χ2v) is 9.41. The zero-order valence-electron chi connectivity index (χ0n) is 16.3. The molecule has 0 aliphatic carbocycles. The lowest BCUT2D eigenvalue weighted by molar-refractivity contribution is -0.132. The summed E-state index contributed by atoms with van der Waals surface area (Å²) in [6, 6.07) is 8.80. The summed E-state index contributed by atoms with van der Waals surface area (Å²) >= 11 is 2.98. The van der Waals surface area contributed by atoms with Gasteiger partial charge in [0, 0.05) is 18.3 Å². The van der Waals surface area contributed by atoms with Gasteiger partial charge in [0.1, 0.15) is 0 Å². The molecule has 1 amide bonds. The predicted molar refractivity (Wildman–Crippen MR) is 114 cm³/mol. The predicted octanol–water partition coefficient (Wildman–Crippen LogP) is 5.29. The molecule has 0 saturated carbocycles. The molecule has 3 rings (SSSR count). The van der Waals surface area contributed by atoms with Crippen LogP contribution in [0.1, 0.15) is 57.9 Å². The molecule has 1 atom stereocenters. The number of hydrogen-bond acceptors (Lipinski definition) is 6. The zero-order valence-corrected chi connectivity index (χ0v) is 17.9. The molecule has 1 aromatic carbocycles. The topological polar surface area (TPSA) is 58.1 Å². The molecule has 146 valence electrons. The van der Waals surface area contributed by atoms with Crippen molar-refractivity contribution < 1.29 is 4.79 Å². The summed E-state index contributed by atoms with van der Waals surface area (Å²) < 4.78 is 0.828. The highest BCUT2D eigenvalue weighted by Crippen LogP contribution is 2.29. The normalized spacial score (nSPS) is 17.3. The van der Waals surface area contributed by atoms with Gasteiger partial charge in [0.05, 0.1) is 5.75 Å². The summed E-state index contributed by atoms with van der Waals surface area (Å²) in [6.07, 6.45) is 4.53. The highest BCUT2D eigenvalue weighted by atomic mass is 32.2. The number of nitrogens with zero attached hydrogens (tertiary/aromatic N) is 3. The van der Waals surface area contributed by atoms with Crippen LogP contribution in [0.3, 0.4) is 0 Å². The first kappa shape index (κ1) is 20.1. The number of hydrogen-bond donors (Lipinski definition) is 1. The van der Waals surface area contributed by atoms with Crippen LogP contribution in [-0.2, 0) is 4.79 Å². The molecular formula is C20H28N4OS2. The van der Waals surface area contributed by atoms with Crippen LogP contribution in [0.4, 0.5) is 10.8 Å². The Morgan fingerprint density at radius 1 is 1.30 bits per heavy atom. The summed E-state index contributed by atoms with van der Waals surface area (Å²) in [5, 5.41) is 12.5. The second-order valence-electron chi connectivity index (χ2n) is 7.21. The fourth-order valence-electron chi connectivity index (χ4n) is 3.35. The SMILES string of the molecule is CC[C@H]1CCCCN1C(=O)CSc1nnc(Nc2ccc(C(C)C)cc2)s1. The molecule has 1 aliphatic rings. The number of aromatic nitrogens is 2. The molecule has 1 aromatic heterocycles. The molecule has 0 bridgehead atoms. The maximum absolute atomic E-state index is 12.6. The zero-order chi connectivity index (χ0) is 19.2. The molecule has 0 unspecified atom stereocenters. The molecular weight excluding hydrogens is 376 g/mol. The van der Waals surface area contributed by atoms with Crippen molar-refractivity contribution in [3.8, 4) is 0 Å². The third-order valence-electron chi connectivity index (χ3n) is 4.97. The number of anilines is 2. The van der Waals surface area contributed by atoms with E-state index in [0.29, 0.717) is 17.7 Å². The average Bonchev–Trinajstić information content (AvgIpc) is 3.13. The third kappa shape index (κ3) is 5.45. The van der Waals surface area contributed by atoms with Gasteiger partial charge >= 0.3 is 0 Å². The van der Waals surface area contributed by atoms with Crippen molar-refractivity contribution in [1.82, 2.24) is 15.1 Å². The Morgan fingerprint density at radius 3 is 2.78 bits per heavy atom. The van der Waals surface area contributed by atoms with Crippen LogP contribution in [0.2, 0.25) is 0 Å². The van der Waals surface area contributed by atoms with E-state index in [2.05, 4.69) is 65.5 Å². The van der Waals surface area contributed by atoms with Gasteiger partial charge in [-0.2, -0.15) is 0 Å². The van der Waals surface area contributed by atoms with Crippen molar-refractivity contribution in [2.75, 3.05) is 17.6 Å². The standard InChI is InChI=1S/C20H28N4OS2/c1-4-17-7-5-6-12-24(17)18(25)13-26-20-23-22-19(27-20)21-16-10-8-15(9-11-16)14(2)3/h8-11,14,17H,4-7,12-13H2,1-3H3,(H,21,22)/t17-/m0/s1. The Labute approximate surface area is 170 Å². The largest absolute Gasteiger partial charge is 0.339 e. The first-order valence-corrected chi connectivity index (χ1v) is 11.5. The number of thioether (sulfide) groups is 1. The van der Waals surface area contributed by atoms with E-state index < -0.39 is 0 Å². The van der Waals surface area contributed by atoms with Crippen LogP contribution >= 0.6 is 23.1 Å². The lowest BCUT2D eigenvalue weighted by Crippen LogP contribution is -2.44. The lowest BCUT2D eigenvalue weighted by Gasteiger charge is -2.35. The maximum atomic E-state index is 12.6. The number of amides is 1. The Kier molecular flexibility index (Phi) is 7.13. The van der Waals surface area contributed by atoms with Crippen LogP contribution in [-0.4, -0.2) is 39.3 Å². The summed E-state index contributed by atoms with van der Waals surface area (Å²) in [6.45, 7) is 7.43. The van der Waals surface area contributed by atoms with Crippen LogP contribution in [0.25, 0.3) is 0 Å². The van der Waals surface area contributed by atoms with Crippen LogP contribution < -0.4 is 5.32 Å². The minimum atomic E-state index is 0.223. The van der Waals surface area contributed by atoms with Gasteiger partial charge in [-0.3, -0.25) is 4.79 Å². The van der Waals surface area contributed by atoms with E-state index in [1.165, 1.54) is 35.1 Å². The lowest BCUT2D eigenvalue weighted by atomic mass is 10.0. The van der Waals surface area contributed by atoms with Gasteiger partial charge in [0.25, 0.3) is 0 Å². The molecule has 0 radical (unpaired) electrons. The molecule has 1 saturated heterocycles. The van der Waals surface area contributed by atoms with Crippen molar-refractivity contribution in [3.05, 3.63) is 29.8 Å². The second kappa shape index (κ2) is 9.55. The van der Waals surface area contributed by atoms with E-state index in [9.17, 15) is 4.79 Å². The van der Waals surface area contributed by atoms with Crippen molar-refractivity contribution in [2.45, 2.75) is 62.8 Å². The highest BCUT2D eigenvalue weighted by Gasteiger charge is 2.25. The molecule has 0 spiro atoms.